The zero-order chi connectivity index (χ0) is 25.2. The lowest BCUT2D eigenvalue weighted by molar-refractivity contribution is -0.113. The first kappa shape index (κ1) is 24.8. The fourth-order valence-corrected chi connectivity index (χ4v) is 5.40. The fourth-order valence-electron chi connectivity index (χ4n) is 4.64. The Kier molecular flexibility index (Phi) is 7.31. The van der Waals surface area contributed by atoms with E-state index in [1.165, 1.54) is 24.9 Å². The molecule has 0 radical (unpaired) electrons. The summed E-state index contributed by atoms with van der Waals surface area (Å²) in [4.78, 5) is 22.8. The summed E-state index contributed by atoms with van der Waals surface area (Å²) in [6.45, 7) is 1.68. The number of thioether (sulfide) groups is 1. The van der Waals surface area contributed by atoms with Gasteiger partial charge in [-0.25, -0.2) is 18.2 Å². The molecule has 2 aliphatic heterocycles. The molecule has 3 aromatic rings. The number of rotatable bonds is 7. The van der Waals surface area contributed by atoms with Crippen LogP contribution in [-0.2, 0) is 17.8 Å². The third kappa shape index (κ3) is 5.28. The van der Waals surface area contributed by atoms with E-state index in [-0.39, 0.29) is 24.0 Å². The molecule has 2 aliphatic rings. The van der Waals surface area contributed by atoms with Gasteiger partial charge in [0, 0.05) is 42.7 Å². The van der Waals surface area contributed by atoms with E-state index in [0.717, 1.165) is 16.8 Å². The van der Waals surface area contributed by atoms with Crippen molar-refractivity contribution in [1.29, 1.82) is 0 Å². The molecule has 0 aliphatic carbocycles. The Bertz CT molecular complexity index is 1290. The van der Waals surface area contributed by atoms with E-state index in [2.05, 4.69) is 20.6 Å². The van der Waals surface area contributed by atoms with Crippen LogP contribution in [0.25, 0.3) is 10.9 Å². The minimum Gasteiger partial charge on any atom is -0.497 e. The van der Waals surface area contributed by atoms with Gasteiger partial charge in [0.1, 0.15) is 29.1 Å². The summed E-state index contributed by atoms with van der Waals surface area (Å²) in [5.41, 5.74) is 1.17. The van der Waals surface area contributed by atoms with Crippen LogP contribution in [0, 0.1) is 11.6 Å². The number of aromatic nitrogens is 2. The van der Waals surface area contributed by atoms with E-state index in [0.29, 0.717) is 60.7 Å². The highest BCUT2D eigenvalue weighted by Gasteiger charge is 2.29. The molecule has 1 fully saturated rings. The average molecular weight is 518 g/mol. The van der Waals surface area contributed by atoms with E-state index in [1.807, 2.05) is 17.0 Å². The molecule has 190 valence electrons. The van der Waals surface area contributed by atoms with Crippen molar-refractivity contribution in [2.24, 2.45) is 0 Å². The summed E-state index contributed by atoms with van der Waals surface area (Å²) >= 11 is 1.45. The lowest BCUT2D eigenvalue weighted by Gasteiger charge is -2.35. The van der Waals surface area contributed by atoms with Crippen LogP contribution in [0.3, 0.4) is 0 Å². The third-order valence-corrected chi connectivity index (χ3v) is 7.62. The number of pyridine rings is 2. The van der Waals surface area contributed by atoms with Gasteiger partial charge in [-0.1, -0.05) is 0 Å². The number of amides is 1. The third-order valence-electron chi connectivity index (χ3n) is 6.57. The predicted octanol–water partition coefficient (Wildman–Crippen LogP) is 3.71. The van der Waals surface area contributed by atoms with Gasteiger partial charge < -0.3 is 15.4 Å². The number of hydrogen-bond acceptors (Lipinski definition) is 7. The van der Waals surface area contributed by atoms with Gasteiger partial charge in [0.05, 0.1) is 29.6 Å². The van der Waals surface area contributed by atoms with Gasteiger partial charge in [0.2, 0.25) is 5.91 Å². The van der Waals surface area contributed by atoms with Gasteiger partial charge >= 0.3 is 0 Å². The van der Waals surface area contributed by atoms with Gasteiger partial charge in [-0.2, -0.15) is 0 Å². The summed E-state index contributed by atoms with van der Waals surface area (Å²) in [5.74, 6) is 0.0508. The largest absolute Gasteiger partial charge is 0.497 e. The van der Waals surface area contributed by atoms with Crippen LogP contribution >= 0.6 is 11.8 Å². The maximum Gasteiger partial charge on any atom is 0.235 e. The van der Waals surface area contributed by atoms with Crippen molar-refractivity contribution in [2.75, 3.05) is 37.8 Å². The number of halogens is 3. The van der Waals surface area contributed by atoms with Crippen molar-refractivity contribution in [1.82, 2.24) is 20.2 Å². The summed E-state index contributed by atoms with van der Waals surface area (Å²) in [5, 5.41) is 6.38. The van der Waals surface area contributed by atoms with Crippen LogP contribution in [0.2, 0.25) is 0 Å². The first-order chi connectivity index (χ1) is 17.4. The second-order valence-electron chi connectivity index (χ2n) is 8.92. The van der Waals surface area contributed by atoms with Crippen LogP contribution in [0.5, 0.6) is 5.75 Å². The average Bonchev–Trinajstić information content (AvgIpc) is 2.87. The van der Waals surface area contributed by atoms with Gasteiger partial charge in [-0.15, -0.1) is 11.8 Å². The quantitative estimate of drug-likeness (QED) is 0.495. The first-order valence-electron chi connectivity index (χ1n) is 11.7. The molecule has 0 saturated carbocycles. The molecule has 36 heavy (non-hydrogen) atoms. The van der Waals surface area contributed by atoms with Crippen LogP contribution in [0.15, 0.2) is 35.4 Å². The van der Waals surface area contributed by atoms with Gasteiger partial charge in [-0.3, -0.25) is 14.7 Å². The highest BCUT2D eigenvalue weighted by Crippen LogP contribution is 2.30. The maximum atomic E-state index is 15.0. The Morgan fingerprint density at radius 2 is 2.14 bits per heavy atom. The number of anilines is 1. The molecule has 11 heteroatoms. The van der Waals surface area contributed by atoms with E-state index < -0.39 is 17.8 Å². The summed E-state index contributed by atoms with van der Waals surface area (Å²) in [7, 11) is 1.42. The number of nitrogens with zero attached hydrogens (tertiary/aromatic N) is 3. The number of piperidine rings is 1. The van der Waals surface area contributed by atoms with Crippen molar-refractivity contribution in [3.8, 4) is 5.75 Å². The van der Waals surface area contributed by atoms with Crippen molar-refractivity contribution in [2.45, 2.75) is 36.5 Å². The molecule has 5 rings (SSSR count). The van der Waals surface area contributed by atoms with Crippen molar-refractivity contribution < 1.29 is 22.7 Å². The molecule has 2 aromatic heterocycles. The zero-order valence-electron chi connectivity index (χ0n) is 19.7. The molecule has 0 spiro atoms. The Morgan fingerprint density at radius 3 is 2.94 bits per heavy atom. The summed E-state index contributed by atoms with van der Waals surface area (Å²) < 4.78 is 49.1. The Labute approximate surface area is 210 Å². The Balaban J connectivity index is 1.18. The van der Waals surface area contributed by atoms with Crippen LogP contribution in [0.4, 0.5) is 19.0 Å². The minimum absolute atomic E-state index is 0.0785. The SMILES string of the molecule is COc1cc(F)c2ncc(F)c(CCN3CC[C@@H](NCc4ccc5c(n4)NC(=O)CS5)[C@@H](F)C3)c2c1. The topological polar surface area (TPSA) is 79.4 Å². The Morgan fingerprint density at radius 1 is 1.28 bits per heavy atom. The molecule has 0 bridgehead atoms. The zero-order valence-corrected chi connectivity index (χ0v) is 20.5. The summed E-state index contributed by atoms with van der Waals surface area (Å²) in [6.07, 6.45) is 0.801. The van der Waals surface area contributed by atoms with Crippen LogP contribution < -0.4 is 15.4 Å². The van der Waals surface area contributed by atoms with E-state index in [9.17, 15) is 18.0 Å². The molecule has 0 unspecified atom stereocenters. The fraction of sp³-hybridized carbons (Fsp3) is 0.400. The monoisotopic (exact) mass is 517 g/mol. The lowest BCUT2D eigenvalue weighted by Crippen LogP contribution is -2.51. The van der Waals surface area contributed by atoms with Crippen molar-refractivity contribution >= 4 is 34.4 Å². The Hall–Kier alpha value is -2.89. The number of methoxy groups -OCH3 is 1. The number of hydrogen-bond donors (Lipinski definition) is 2. The first-order valence-corrected chi connectivity index (χ1v) is 12.7. The maximum absolute atomic E-state index is 15.0. The second-order valence-corrected chi connectivity index (χ2v) is 9.94. The molecular formula is C25H26F3N5O2S. The highest BCUT2D eigenvalue weighted by molar-refractivity contribution is 8.00. The molecule has 1 aromatic carbocycles. The van der Waals surface area contributed by atoms with Crippen LogP contribution in [0.1, 0.15) is 17.7 Å². The standard InChI is InChI=1S/C25H26F3N5O2S/c1-35-15-8-17-16(19(27)11-30-24(17)18(26)9-15)4-6-33-7-5-21(20(28)12-33)29-10-14-2-3-22-25(31-14)32-23(34)13-36-22/h2-3,8-9,11,20-21,29H,4-7,10,12-13H2,1H3,(H,31,32,34)/t20-,21+/m0/s1. The molecule has 1 amide bonds. The molecule has 2 atom stereocenters. The second kappa shape index (κ2) is 10.6. The van der Waals surface area contributed by atoms with E-state index >= 15 is 0 Å². The smallest absolute Gasteiger partial charge is 0.235 e. The lowest BCUT2D eigenvalue weighted by atomic mass is 10.0. The number of ether oxygens (including phenoxy) is 1. The van der Waals surface area contributed by atoms with Gasteiger partial charge in [0.25, 0.3) is 0 Å². The number of likely N-dealkylation sites (tertiary alicyclic amines) is 1. The number of carbonyl (C=O) groups is 1. The van der Waals surface area contributed by atoms with Crippen LogP contribution in [-0.4, -0.2) is 65.5 Å². The number of benzene rings is 1. The van der Waals surface area contributed by atoms with Crippen molar-refractivity contribution in [3.63, 3.8) is 0 Å². The normalized spacial score (nSPS) is 20.3. The summed E-state index contributed by atoms with van der Waals surface area (Å²) in [6, 6.07) is 6.26. The molecule has 4 heterocycles. The number of alkyl halides is 1. The van der Waals surface area contributed by atoms with E-state index in [1.54, 1.807) is 6.07 Å². The number of carbonyl (C=O) groups excluding carboxylic acids is 1. The molecule has 7 nitrogen and oxygen atoms in total. The molecular weight excluding hydrogens is 491 g/mol. The number of nitrogens with one attached hydrogen (secondary N) is 2. The molecule has 2 N–H and O–H groups in total. The minimum atomic E-state index is -1.11. The molecule has 1 saturated heterocycles. The van der Waals surface area contributed by atoms with E-state index in [4.69, 9.17) is 4.74 Å². The number of fused-ring (bicyclic) bond motifs is 2. The van der Waals surface area contributed by atoms with Gasteiger partial charge in [-0.05, 0) is 37.6 Å². The predicted molar refractivity (Wildman–Crippen MR) is 132 cm³/mol. The van der Waals surface area contributed by atoms with Gasteiger partial charge in [0.15, 0.2) is 5.82 Å². The van der Waals surface area contributed by atoms with Crippen molar-refractivity contribution in [3.05, 3.63) is 53.4 Å². The highest BCUT2D eigenvalue weighted by atomic mass is 32.2.